The van der Waals surface area contributed by atoms with E-state index in [1.54, 1.807) is 13.0 Å². The minimum atomic E-state index is -1.12. The Bertz CT molecular complexity index is 591. The molecule has 1 atom stereocenters. The van der Waals surface area contributed by atoms with E-state index < -0.39 is 18.0 Å². The van der Waals surface area contributed by atoms with Crippen LogP contribution in [0.15, 0.2) is 18.2 Å². The summed E-state index contributed by atoms with van der Waals surface area (Å²) in [5.74, 6) is -1.10. The average Bonchev–Trinajstić information content (AvgIpc) is 2.88. The largest absolute Gasteiger partial charge is 0.479 e. The second-order valence-corrected chi connectivity index (χ2v) is 4.27. The number of aliphatic carboxylic acids is 2. The first-order valence-corrected chi connectivity index (χ1v) is 6.25. The van der Waals surface area contributed by atoms with Crippen molar-refractivity contribution in [2.45, 2.75) is 19.4 Å². The summed E-state index contributed by atoms with van der Waals surface area (Å²) in [5, 5.41) is 17.7. The van der Waals surface area contributed by atoms with Crippen molar-refractivity contribution in [2.24, 2.45) is 0 Å². The van der Waals surface area contributed by atoms with Crippen LogP contribution in [0.1, 0.15) is 18.9 Å². The topological polar surface area (TPSA) is 102 Å². The van der Waals surface area contributed by atoms with E-state index in [1.807, 2.05) is 0 Å². The van der Waals surface area contributed by atoms with Crippen LogP contribution in [-0.2, 0) is 9.59 Å². The highest BCUT2D eigenvalue weighted by Gasteiger charge is 2.22. The van der Waals surface area contributed by atoms with Crippen molar-refractivity contribution in [1.29, 1.82) is 0 Å². The first-order valence-electron chi connectivity index (χ1n) is 6.25. The van der Waals surface area contributed by atoms with E-state index >= 15 is 0 Å². The summed E-state index contributed by atoms with van der Waals surface area (Å²) in [6, 6.07) is 3.04. The minimum absolute atomic E-state index is 0.0526. The highest BCUT2D eigenvalue weighted by atomic mass is 16.7. The molecular weight excluding hydrogens is 280 g/mol. The SMILES string of the molecule is CCC(Oc1cc2c(cc1C=CC(=O)O)OCO2)C(=O)O. The summed E-state index contributed by atoms with van der Waals surface area (Å²) in [4.78, 5) is 21.7. The number of rotatable bonds is 6. The van der Waals surface area contributed by atoms with Crippen LogP contribution in [0.4, 0.5) is 0 Å². The van der Waals surface area contributed by atoms with Crippen LogP contribution in [0.2, 0.25) is 0 Å². The van der Waals surface area contributed by atoms with Gasteiger partial charge in [-0.25, -0.2) is 9.59 Å². The maximum absolute atomic E-state index is 11.1. The first kappa shape index (κ1) is 14.7. The molecule has 0 radical (unpaired) electrons. The molecule has 0 saturated carbocycles. The molecule has 1 unspecified atom stereocenters. The van der Waals surface area contributed by atoms with Gasteiger partial charge in [0.2, 0.25) is 6.79 Å². The molecule has 2 rings (SSSR count). The monoisotopic (exact) mass is 294 g/mol. The summed E-state index contributed by atoms with van der Waals surface area (Å²) in [6.45, 7) is 1.73. The van der Waals surface area contributed by atoms with Crippen molar-refractivity contribution in [1.82, 2.24) is 0 Å². The zero-order chi connectivity index (χ0) is 15.4. The number of fused-ring (bicyclic) bond motifs is 1. The van der Waals surface area contributed by atoms with Gasteiger partial charge in [-0.15, -0.1) is 0 Å². The van der Waals surface area contributed by atoms with Crippen LogP contribution in [0, 0.1) is 0 Å². The molecule has 7 nitrogen and oxygen atoms in total. The number of ether oxygens (including phenoxy) is 3. The van der Waals surface area contributed by atoms with Crippen LogP contribution in [0.5, 0.6) is 17.2 Å². The molecule has 1 aromatic carbocycles. The summed E-state index contributed by atoms with van der Waals surface area (Å²) >= 11 is 0. The molecule has 2 N–H and O–H groups in total. The molecule has 7 heteroatoms. The summed E-state index contributed by atoms with van der Waals surface area (Å²) in [7, 11) is 0. The lowest BCUT2D eigenvalue weighted by atomic mass is 10.1. The fourth-order valence-electron chi connectivity index (χ4n) is 1.79. The van der Waals surface area contributed by atoms with Crippen molar-refractivity contribution in [3.8, 4) is 17.2 Å². The van der Waals surface area contributed by atoms with E-state index in [0.717, 1.165) is 6.08 Å². The molecule has 0 aromatic heterocycles. The molecule has 1 aromatic rings. The summed E-state index contributed by atoms with van der Waals surface area (Å²) < 4.78 is 15.8. The Morgan fingerprint density at radius 2 is 2.00 bits per heavy atom. The standard InChI is InChI=1S/C14H14O7/c1-2-9(14(17)18)21-10-6-12-11(19-7-20-12)5-8(10)3-4-13(15)16/h3-6,9H,2,7H2,1H3,(H,15,16)(H,17,18). The Morgan fingerprint density at radius 1 is 1.33 bits per heavy atom. The normalized spacial score (nSPS) is 14.1. The van der Waals surface area contributed by atoms with E-state index in [9.17, 15) is 9.59 Å². The molecule has 0 spiro atoms. The Morgan fingerprint density at radius 3 is 2.57 bits per heavy atom. The Labute approximate surface area is 120 Å². The van der Waals surface area contributed by atoms with E-state index in [0.29, 0.717) is 17.1 Å². The molecule has 21 heavy (non-hydrogen) atoms. The van der Waals surface area contributed by atoms with Crippen LogP contribution in [-0.4, -0.2) is 35.0 Å². The Balaban J connectivity index is 2.37. The lowest BCUT2D eigenvalue weighted by Crippen LogP contribution is -2.26. The third-order valence-electron chi connectivity index (χ3n) is 2.83. The Hall–Kier alpha value is -2.70. The molecule has 1 aliphatic rings. The molecule has 0 bridgehead atoms. The zero-order valence-electron chi connectivity index (χ0n) is 11.2. The number of benzene rings is 1. The van der Waals surface area contributed by atoms with Gasteiger partial charge in [0.25, 0.3) is 0 Å². The molecular formula is C14H14O7. The van der Waals surface area contributed by atoms with E-state index in [4.69, 9.17) is 24.4 Å². The van der Waals surface area contributed by atoms with Crippen LogP contribution >= 0.6 is 0 Å². The van der Waals surface area contributed by atoms with Gasteiger partial charge in [0.05, 0.1) is 0 Å². The lowest BCUT2D eigenvalue weighted by molar-refractivity contribution is -0.145. The molecule has 1 heterocycles. The van der Waals surface area contributed by atoms with Crippen molar-refractivity contribution >= 4 is 18.0 Å². The number of hydrogen-bond acceptors (Lipinski definition) is 5. The van der Waals surface area contributed by atoms with Gasteiger partial charge in [0.15, 0.2) is 17.6 Å². The average molecular weight is 294 g/mol. The van der Waals surface area contributed by atoms with Crippen molar-refractivity contribution in [3.05, 3.63) is 23.8 Å². The lowest BCUT2D eigenvalue weighted by Gasteiger charge is -2.15. The fraction of sp³-hybridized carbons (Fsp3) is 0.286. The second kappa shape index (κ2) is 6.17. The number of carboxylic acid groups (broad SMARTS) is 2. The predicted molar refractivity (Wildman–Crippen MR) is 71.6 cm³/mol. The van der Waals surface area contributed by atoms with Gasteiger partial charge in [-0.1, -0.05) is 6.92 Å². The van der Waals surface area contributed by atoms with E-state index in [2.05, 4.69) is 0 Å². The number of carbonyl (C=O) groups is 2. The number of hydrogen-bond donors (Lipinski definition) is 2. The van der Waals surface area contributed by atoms with Gasteiger partial charge in [-0.3, -0.25) is 0 Å². The quantitative estimate of drug-likeness (QED) is 0.770. The van der Waals surface area contributed by atoms with Crippen LogP contribution in [0.25, 0.3) is 6.08 Å². The fourth-order valence-corrected chi connectivity index (χ4v) is 1.79. The molecule has 0 amide bonds. The maximum atomic E-state index is 11.1. The van der Waals surface area contributed by atoms with Crippen LogP contribution < -0.4 is 14.2 Å². The predicted octanol–water partition coefficient (Wildman–Crippen LogP) is 1.76. The third-order valence-corrected chi connectivity index (χ3v) is 2.83. The maximum Gasteiger partial charge on any atom is 0.344 e. The van der Waals surface area contributed by atoms with Gasteiger partial charge >= 0.3 is 11.9 Å². The smallest absolute Gasteiger partial charge is 0.344 e. The number of carboxylic acids is 2. The highest BCUT2D eigenvalue weighted by Crippen LogP contribution is 2.39. The van der Waals surface area contributed by atoms with Gasteiger partial charge in [-0.05, 0) is 18.6 Å². The first-order chi connectivity index (χ1) is 10.0. The third kappa shape index (κ3) is 3.44. The van der Waals surface area contributed by atoms with Crippen molar-refractivity contribution in [3.63, 3.8) is 0 Å². The van der Waals surface area contributed by atoms with E-state index in [-0.39, 0.29) is 19.0 Å². The van der Waals surface area contributed by atoms with Gasteiger partial charge < -0.3 is 24.4 Å². The van der Waals surface area contributed by atoms with Crippen LogP contribution in [0.3, 0.4) is 0 Å². The molecule has 112 valence electrons. The molecule has 0 aliphatic carbocycles. The highest BCUT2D eigenvalue weighted by molar-refractivity contribution is 5.86. The van der Waals surface area contributed by atoms with Gasteiger partial charge in [-0.2, -0.15) is 0 Å². The molecule has 0 saturated heterocycles. The molecule has 0 fully saturated rings. The van der Waals surface area contributed by atoms with Gasteiger partial charge in [0.1, 0.15) is 5.75 Å². The van der Waals surface area contributed by atoms with Crippen molar-refractivity contribution < 1.29 is 34.0 Å². The second-order valence-electron chi connectivity index (χ2n) is 4.27. The Kier molecular flexibility index (Phi) is 4.32. The minimum Gasteiger partial charge on any atom is -0.479 e. The summed E-state index contributed by atoms with van der Waals surface area (Å²) in [5.41, 5.74) is 0.404. The molecule has 1 aliphatic heterocycles. The summed E-state index contributed by atoms with van der Waals surface area (Å²) in [6.07, 6.45) is 1.49. The van der Waals surface area contributed by atoms with Gasteiger partial charge in [0, 0.05) is 17.7 Å². The van der Waals surface area contributed by atoms with Crippen molar-refractivity contribution in [2.75, 3.05) is 6.79 Å². The zero-order valence-corrected chi connectivity index (χ0v) is 11.2. The van der Waals surface area contributed by atoms with E-state index in [1.165, 1.54) is 12.1 Å².